The summed E-state index contributed by atoms with van der Waals surface area (Å²) in [5, 5.41) is 0. The quantitative estimate of drug-likeness (QED) is 0.0195. The van der Waals surface area contributed by atoms with Crippen molar-refractivity contribution < 1.29 is 42.1 Å². The highest BCUT2D eigenvalue weighted by Gasteiger charge is 2.22. The SMILES string of the molecule is CC/C=C\C/C=C\C/C=C\C/C=C\C/C=C\C/C=C\C/C=C\C/C=C\C/C=C\C/C=C\C/C=C\CCCCCC(=O)OC(COC(=O)CCCCCCCCCCCCCCCCC/C=C\CCCCCCCCCC)COP(=O)([O-])OCC[N+](C)(C)C. The number of carbonyl (C=O) groups excluding carboxylic acids is 2. The molecule has 88 heavy (non-hydrogen) atoms. The van der Waals surface area contributed by atoms with E-state index in [4.69, 9.17) is 18.5 Å². The van der Waals surface area contributed by atoms with Crippen molar-refractivity contribution in [3.63, 3.8) is 0 Å². The number of phosphoric ester groups is 1. The second-order valence-electron chi connectivity index (χ2n) is 24.5. The van der Waals surface area contributed by atoms with E-state index in [0.717, 1.165) is 109 Å². The zero-order valence-electron chi connectivity index (χ0n) is 57.1. The number of unbranched alkanes of at least 4 members (excludes halogenated alkanes) is 26. The number of quaternary nitrogens is 1. The van der Waals surface area contributed by atoms with Crippen LogP contribution >= 0.6 is 7.82 Å². The molecule has 0 saturated heterocycles. The summed E-state index contributed by atoms with van der Waals surface area (Å²) in [4.78, 5) is 38.1. The van der Waals surface area contributed by atoms with Crippen LogP contribution in [0.25, 0.3) is 0 Å². The Bertz CT molecular complexity index is 2000. The summed E-state index contributed by atoms with van der Waals surface area (Å²) in [5.74, 6) is -0.874. The Balaban J connectivity index is 4.18. The summed E-state index contributed by atoms with van der Waals surface area (Å²) in [6, 6.07) is 0. The van der Waals surface area contributed by atoms with Gasteiger partial charge in [-0.05, 0) is 122 Å². The number of esters is 2. The molecule has 2 unspecified atom stereocenters. The molecule has 0 aromatic rings. The van der Waals surface area contributed by atoms with Crippen molar-refractivity contribution in [3.8, 4) is 0 Å². The maximum Gasteiger partial charge on any atom is 0.306 e. The molecule has 0 amide bonds. The molecule has 0 aromatic carbocycles. The highest BCUT2D eigenvalue weighted by molar-refractivity contribution is 7.45. The number of hydrogen-bond donors (Lipinski definition) is 0. The normalized spacial score (nSPS) is 14.0. The van der Waals surface area contributed by atoms with Crippen molar-refractivity contribution in [3.05, 3.63) is 146 Å². The van der Waals surface area contributed by atoms with Gasteiger partial charge in [0, 0.05) is 12.8 Å². The lowest BCUT2D eigenvalue weighted by molar-refractivity contribution is -0.870. The molecule has 0 saturated carbocycles. The average Bonchev–Trinajstić information content (AvgIpc) is 3.68. The predicted molar refractivity (Wildman–Crippen MR) is 378 cm³/mol. The van der Waals surface area contributed by atoms with E-state index in [1.54, 1.807) is 0 Å². The summed E-state index contributed by atoms with van der Waals surface area (Å²) >= 11 is 0. The Morgan fingerprint density at radius 1 is 0.364 bits per heavy atom. The van der Waals surface area contributed by atoms with Crippen LogP contribution < -0.4 is 4.89 Å². The first kappa shape index (κ1) is 83.9. The van der Waals surface area contributed by atoms with Gasteiger partial charge in [0.25, 0.3) is 7.82 Å². The molecule has 0 fully saturated rings. The van der Waals surface area contributed by atoms with Crippen LogP contribution in [-0.2, 0) is 32.7 Å². The molecule has 0 rings (SSSR count). The highest BCUT2D eigenvalue weighted by atomic mass is 31.2. The van der Waals surface area contributed by atoms with Crippen LogP contribution in [0, 0.1) is 0 Å². The third kappa shape index (κ3) is 71.0. The fourth-order valence-corrected chi connectivity index (χ4v) is 10.2. The molecule has 0 N–H and O–H groups in total. The summed E-state index contributed by atoms with van der Waals surface area (Å²) in [6.45, 7) is 4.10. The number of likely N-dealkylation sites (N-methyl/N-ethyl adjacent to an activating group) is 1. The van der Waals surface area contributed by atoms with Crippen LogP contribution in [0.4, 0.5) is 0 Å². The Kier molecular flexibility index (Phi) is 64.1. The second kappa shape index (κ2) is 67.3. The molecule has 502 valence electrons. The summed E-state index contributed by atoms with van der Waals surface area (Å²) in [7, 11) is 1.13. The van der Waals surface area contributed by atoms with E-state index >= 15 is 0 Å². The second-order valence-corrected chi connectivity index (χ2v) is 25.9. The maximum absolute atomic E-state index is 12.9. The Morgan fingerprint density at radius 2 is 0.648 bits per heavy atom. The van der Waals surface area contributed by atoms with Crippen LogP contribution in [0.1, 0.15) is 284 Å². The van der Waals surface area contributed by atoms with E-state index in [-0.39, 0.29) is 26.1 Å². The van der Waals surface area contributed by atoms with E-state index in [2.05, 4.69) is 160 Å². The summed E-state index contributed by atoms with van der Waals surface area (Å²) in [6.07, 6.45) is 99.3. The van der Waals surface area contributed by atoms with Crippen LogP contribution in [0.15, 0.2) is 146 Å². The first-order valence-corrected chi connectivity index (χ1v) is 37.0. The Morgan fingerprint density at radius 3 is 0.989 bits per heavy atom. The number of allylic oxidation sites excluding steroid dienone is 24. The van der Waals surface area contributed by atoms with Gasteiger partial charge < -0.3 is 27.9 Å². The Labute approximate surface area is 542 Å². The van der Waals surface area contributed by atoms with Crippen molar-refractivity contribution in [2.45, 2.75) is 290 Å². The number of ether oxygens (including phenoxy) is 2. The van der Waals surface area contributed by atoms with Gasteiger partial charge in [0.1, 0.15) is 19.8 Å². The van der Waals surface area contributed by atoms with Gasteiger partial charge in [0.05, 0.1) is 27.7 Å². The van der Waals surface area contributed by atoms with E-state index in [0.29, 0.717) is 17.4 Å². The average molecular weight is 1240 g/mol. The number of carbonyl (C=O) groups is 2. The van der Waals surface area contributed by atoms with E-state index in [1.165, 1.54) is 141 Å². The minimum atomic E-state index is -4.66. The van der Waals surface area contributed by atoms with Gasteiger partial charge in [-0.25, -0.2) is 0 Å². The zero-order chi connectivity index (χ0) is 64.1. The van der Waals surface area contributed by atoms with Crippen molar-refractivity contribution in [1.29, 1.82) is 0 Å². The molecule has 10 heteroatoms. The Hall–Kier alpha value is -4.11. The molecular formula is C78H132NO8P. The van der Waals surface area contributed by atoms with Crippen LogP contribution in [0.2, 0.25) is 0 Å². The van der Waals surface area contributed by atoms with Crippen molar-refractivity contribution in [2.75, 3.05) is 47.5 Å². The monoisotopic (exact) mass is 1240 g/mol. The standard InChI is InChI=1S/C78H132NO8P/c1-6-8-10-12-14-16-18-20-22-24-26-28-30-32-34-35-36-37-38-39-40-41-42-43-45-47-49-51-53-55-57-59-61-63-65-67-69-71-78(81)87-76(75-86-88(82,83)85-73-72-79(3,4)5)74-84-77(80)70-68-66-64-62-60-58-56-54-52-50-48-46-44-33-31-29-27-25-23-21-19-17-15-13-11-9-7-2/h8,10,14,16,20,22,25-28,32,34,36-37,39-40,42-43,47,49,53,55,59,61,76H,6-7,9,11-13,15,17-19,21,23-24,29-31,33,35,38,41,44-46,48,50-52,54,56-58,60,62-75H2,1-5H3/b10-8-,16-14-,22-20-,27-25-,28-26-,34-32-,37-36-,40-39-,43-42-,49-47-,55-53-,61-59-. The summed E-state index contributed by atoms with van der Waals surface area (Å²) in [5.41, 5.74) is 0. The van der Waals surface area contributed by atoms with Gasteiger partial charge in [-0.1, -0.05) is 295 Å². The largest absolute Gasteiger partial charge is 0.756 e. The molecule has 0 radical (unpaired) electrons. The van der Waals surface area contributed by atoms with E-state index in [1.807, 2.05) is 21.1 Å². The molecule has 0 aliphatic heterocycles. The molecule has 0 spiro atoms. The van der Waals surface area contributed by atoms with Gasteiger partial charge >= 0.3 is 11.9 Å². The number of nitrogens with zero attached hydrogens (tertiary/aromatic N) is 1. The van der Waals surface area contributed by atoms with Crippen molar-refractivity contribution in [2.24, 2.45) is 0 Å². The minimum Gasteiger partial charge on any atom is -0.756 e. The fourth-order valence-electron chi connectivity index (χ4n) is 9.42. The van der Waals surface area contributed by atoms with Gasteiger partial charge in [-0.15, -0.1) is 0 Å². The number of hydrogen-bond acceptors (Lipinski definition) is 8. The van der Waals surface area contributed by atoms with Crippen LogP contribution in [-0.4, -0.2) is 70.0 Å². The maximum atomic E-state index is 12.9. The first-order chi connectivity index (χ1) is 43.0. The first-order valence-electron chi connectivity index (χ1n) is 35.5. The van der Waals surface area contributed by atoms with Gasteiger partial charge in [0.2, 0.25) is 0 Å². The molecule has 0 bridgehead atoms. The van der Waals surface area contributed by atoms with Crippen molar-refractivity contribution in [1.82, 2.24) is 0 Å². The lowest BCUT2D eigenvalue weighted by Crippen LogP contribution is -2.37. The number of phosphoric acid groups is 1. The van der Waals surface area contributed by atoms with Gasteiger partial charge in [0.15, 0.2) is 6.10 Å². The van der Waals surface area contributed by atoms with Gasteiger partial charge in [-0.3, -0.25) is 14.2 Å². The lowest BCUT2D eigenvalue weighted by atomic mass is 10.0. The van der Waals surface area contributed by atoms with Gasteiger partial charge in [-0.2, -0.15) is 0 Å². The zero-order valence-corrected chi connectivity index (χ0v) is 58.0. The molecule has 0 aliphatic rings. The van der Waals surface area contributed by atoms with Crippen LogP contribution in [0.3, 0.4) is 0 Å². The molecule has 2 atom stereocenters. The number of rotatable bonds is 64. The topological polar surface area (TPSA) is 111 Å². The molecule has 0 aromatic heterocycles. The molecular weight excluding hydrogens is 1110 g/mol. The minimum absolute atomic E-state index is 0.0443. The third-order valence-electron chi connectivity index (χ3n) is 14.8. The molecule has 9 nitrogen and oxygen atoms in total. The molecule has 0 heterocycles. The van der Waals surface area contributed by atoms with Crippen molar-refractivity contribution >= 4 is 19.8 Å². The van der Waals surface area contributed by atoms with E-state index in [9.17, 15) is 19.0 Å². The summed E-state index contributed by atoms with van der Waals surface area (Å²) < 4.78 is 34.3. The fraction of sp³-hybridized carbons (Fsp3) is 0.667. The van der Waals surface area contributed by atoms with Crippen LogP contribution in [0.5, 0.6) is 0 Å². The highest BCUT2D eigenvalue weighted by Crippen LogP contribution is 2.38. The predicted octanol–water partition coefficient (Wildman–Crippen LogP) is 22.7. The molecule has 0 aliphatic carbocycles. The lowest BCUT2D eigenvalue weighted by Gasteiger charge is -2.28. The smallest absolute Gasteiger partial charge is 0.306 e. The third-order valence-corrected chi connectivity index (χ3v) is 15.8. The van der Waals surface area contributed by atoms with E-state index < -0.39 is 32.5 Å².